The van der Waals surface area contributed by atoms with E-state index in [-0.39, 0.29) is 5.91 Å². The number of carbonyl (C=O) groups excluding carboxylic acids is 1. The zero-order valence-corrected chi connectivity index (χ0v) is 8.81. The summed E-state index contributed by atoms with van der Waals surface area (Å²) < 4.78 is 0. The molecule has 0 saturated heterocycles. The van der Waals surface area contributed by atoms with Gasteiger partial charge in [0.15, 0.2) is 0 Å². The van der Waals surface area contributed by atoms with E-state index in [0.29, 0.717) is 6.42 Å². The fourth-order valence-electron chi connectivity index (χ4n) is 0.983. The first-order valence-corrected chi connectivity index (χ1v) is 4.80. The van der Waals surface area contributed by atoms with Crippen molar-refractivity contribution in [1.82, 2.24) is 5.32 Å². The molecule has 0 radical (unpaired) electrons. The molecular formula is C11H19NO. The van der Waals surface area contributed by atoms with Crippen LogP contribution < -0.4 is 5.32 Å². The molecule has 0 spiro atoms. The molecule has 0 unspecified atom stereocenters. The smallest absolute Gasteiger partial charge is 0.221 e. The van der Waals surface area contributed by atoms with Crippen LogP contribution in [0, 0.1) is 12.3 Å². The number of rotatable bonds is 5. The monoisotopic (exact) mass is 181 g/mol. The van der Waals surface area contributed by atoms with Gasteiger partial charge in [-0.2, -0.15) is 0 Å². The molecule has 0 aliphatic heterocycles. The van der Waals surface area contributed by atoms with Gasteiger partial charge in [-0.3, -0.25) is 4.79 Å². The van der Waals surface area contributed by atoms with Crippen molar-refractivity contribution in [1.29, 1.82) is 0 Å². The van der Waals surface area contributed by atoms with Crippen LogP contribution in [0.15, 0.2) is 0 Å². The maximum absolute atomic E-state index is 11.3. The van der Waals surface area contributed by atoms with Gasteiger partial charge in [-0.1, -0.05) is 25.7 Å². The molecule has 2 heteroatoms. The van der Waals surface area contributed by atoms with E-state index in [1.54, 1.807) is 0 Å². The van der Waals surface area contributed by atoms with Gasteiger partial charge in [-0.15, -0.1) is 6.42 Å². The van der Waals surface area contributed by atoms with Crippen LogP contribution in [-0.4, -0.2) is 11.4 Å². The van der Waals surface area contributed by atoms with Crippen molar-refractivity contribution in [3.8, 4) is 12.3 Å². The van der Waals surface area contributed by atoms with Crippen molar-refractivity contribution >= 4 is 5.91 Å². The molecule has 1 amide bonds. The van der Waals surface area contributed by atoms with Crippen molar-refractivity contribution in [2.45, 2.75) is 52.0 Å². The van der Waals surface area contributed by atoms with Crippen LogP contribution in [-0.2, 0) is 4.79 Å². The highest BCUT2D eigenvalue weighted by atomic mass is 16.1. The van der Waals surface area contributed by atoms with Crippen molar-refractivity contribution < 1.29 is 4.79 Å². The van der Waals surface area contributed by atoms with Crippen molar-refractivity contribution in [2.24, 2.45) is 0 Å². The zero-order chi connectivity index (χ0) is 10.3. The second-order valence-electron chi connectivity index (χ2n) is 3.77. The van der Waals surface area contributed by atoms with E-state index in [1.807, 2.05) is 13.8 Å². The summed E-state index contributed by atoms with van der Waals surface area (Å²) in [6.45, 7) is 5.76. The molecule has 2 nitrogen and oxygen atoms in total. The van der Waals surface area contributed by atoms with Crippen LogP contribution in [0.25, 0.3) is 0 Å². The van der Waals surface area contributed by atoms with Gasteiger partial charge in [0, 0.05) is 6.42 Å². The standard InChI is InChI=1S/C11H19NO/c1-5-7-8-9-10(13)12-11(3,4)6-2/h2H,5,7-9H2,1,3-4H3,(H,12,13). The Morgan fingerprint density at radius 3 is 2.54 bits per heavy atom. The van der Waals surface area contributed by atoms with Crippen LogP contribution in [0.4, 0.5) is 0 Å². The lowest BCUT2D eigenvalue weighted by atomic mass is 10.1. The van der Waals surface area contributed by atoms with E-state index in [0.717, 1.165) is 19.3 Å². The molecule has 0 saturated carbocycles. The number of amides is 1. The molecular weight excluding hydrogens is 162 g/mol. The molecule has 74 valence electrons. The molecule has 0 rings (SSSR count). The number of hydrogen-bond acceptors (Lipinski definition) is 1. The van der Waals surface area contributed by atoms with E-state index < -0.39 is 5.54 Å². The summed E-state index contributed by atoms with van der Waals surface area (Å²) in [5.74, 6) is 2.58. The third-order valence-corrected chi connectivity index (χ3v) is 1.82. The Morgan fingerprint density at radius 2 is 2.08 bits per heavy atom. The highest BCUT2D eigenvalue weighted by molar-refractivity contribution is 5.77. The lowest BCUT2D eigenvalue weighted by Gasteiger charge is -2.19. The highest BCUT2D eigenvalue weighted by Crippen LogP contribution is 2.03. The number of hydrogen-bond donors (Lipinski definition) is 1. The Hall–Kier alpha value is -0.970. The molecule has 0 aromatic carbocycles. The molecule has 1 N–H and O–H groups in total. The Morgan fingerprint density at radius 1 is 1.46 bits per heavy atom. The van der Waals surface area contributed by atoms with E-state index in [4.69, 9.17) is 6.42 Å². The SMILES string of the molecule is C#CC(C)(C)NC(=O)CCCCC. The molecule has 0 heterocycles. The fraction of sp³-hybridized carbons (Fsp3) is 0.727. The van der Waals surface area contributed by atoms with Crippen LogP contribution in [0.3, 0.4) is 0 Å². The van der Waals surface area contributed by atoms with Crippen LogP contribution >= 0.6 is 0 Å². The van der Waals surface area contributed by atoms with Gasteiger partial charge >= 0.3 is 0 Å². The van der Waals surface area contributed by atoms with Gasteiger partial charge in [0.1, 0.15) is 0 Å². The minimum atomic E-state index is -0.511. The van der Waals surface area contributed by atoms with E-state index in [2.05, 4.69) is 18.2 Å². The predicted molar refractivity (Wildman–Crippen MR) is 55.2 cm³/mol. The minimum absolute atomic E-state index is 0.0522. The predicted octanol–water partition coefficient (Wildman–Crippen LogP) is 2.09. The van der Waals surface area contributed by atoms with E-state index in [1.165, 1.54) is 0 Å². The van der Waals surface area contributed by atoms with Gasteiger partial charge in [0.2, 0.25) is 5.91 Å². The van der Waals surface area contributed by atoms with Crippen molar-refractivity contribution in [2.75, 3.05) is 0 Å². The van der Waals surface area contributed by atoms with Crippen LogP contribution in [0.5, 0.6) is 0 Å². The van der Waals surface area contributed by atoms with Gasteiger partial charge < -0.3 is 5.32 Å². The van der Waals surface area contributed by atoms with Crippen LogP contribution in [0.1, 0.15) is 46.5 Å². The average molecular weight is 181 g/mol. The number of carbonyl (C=O) groups is 1. The Kier molecular flexibility index (Phi) is 5.22. The Bertz CT molecular complexity index is 201. The summed E-state index contributed by atoms with van der Waals surface area (Å²) in [7, 11) is 0. The van der Waals surface area contributed by atoms with E-state index in [9.17, 15) is 4.79 Å². The molecule has 0 aliphatic rings. The third kappa shape index (κ3) is 6.21. The summed E-state index contributed by atoms with van der Waals surface area (Å²) in [4.78, 5) is 11.3. The van der Waals surface area contributed by atoms with Crippen LogP contribution in [0.2, 0.25) is 0 Å². The molecule has 0 atom stereocenters. The lowest BCUT2D eigenvalue weighted by Crippen LogP contribution is -2.41. The third-order valence-electron chi connectivity index (χ3n) is 1.82. The summed E-state index contributed by atoms with van der Waals surface area (Å²) in [6, 6.07) is 0. The highest BCUT2D eigenvalue weighted by Gasteiger charge is 2.15. The molecule has 0 aliphatic carbocycles. The Labute approximate surface area is 81.1 Å². The first kappa shape index (κ1) is 12.0. The summed E-state index contributed by atoms with van der Waals surface area (Å²) >= 11 is 0. The summed E-state index contributed by atoms with van der Waals surface area (Å²) in [5.41, 5.74) is -0.511. The quantitative estimate of drug-likeness (QED) is 0.510. The molecule has 13 heavy (non-hydrogen) atoms. The second kappa shape index (κ2) is 5.64. The number of unbranched alkanes of at least 4 members (excludes halogenated alkanes) is 2. The maximum Gasteiger partial charge on any atom is 0.221 e. The largest absolute Gasteiger partial charge is 0.340 e. The first-order chi connectivity index (χ1) is 6.02. The summed E-state index contributed by atoms with van der Waals surface area (Å²) in [5, 5.41) is 2.79. The topological polar surface area (TPSA) is 29.1 Å². The van der Waals surface area contributed by atoms with E-state index >= 15 is 0 Å². The summed E-state index contributed by atoms with van der Waals surface area (Å²) in [6.07, 6.45) is 9.01. The van der Waals surface area contributed by atoms with Gasteiger partial charge in [-0.05, 0) is 20.3 Å². The number of terminal acetylenes is 1. The zero-order valence-electron chi connectivity index (χ0n) is 8.81. The first-order valence-electron chi connectivity index (χ1n) is 4.80. The number of nitrogens with one attached hydrogen (secondary N) is 1. The molecule has 0 bridgehead atoms. The second-order valence-corrected chi connectivity index (χ2v) is 3.77. The minimum Gasteiger partial charge on any atom is -0.340 e. The lowest BCUT2D eigenvalue weighted by molar-refractivity contribution is -0.122. The van der Waals surface area contributed by atoms with Gasteiger partial charge in [0.25, 0.3) is 0 Å². The van der Waals surface area contributed by atoms with Gasteiger partial charge in [-0.25, -0.2) is 0 Å². The van der Waals surface area contributed by atoms with Crippen molar-refractivity contribution in [3.05, 3.63) is 0 Å². The normalized spacial score (nSPS) is 10.6. The molecule has 0 aromatic heterocycles. The van der Waals surface area contributed by atoms with Crippen molar-refractivity contribution in [3.63, 3.8) is 0 Å². The fourth-order valence-corrected chi connectivity index (χ4v) is 0.983. The molecule has 0 aromatic rings. The van der Waals surface area contributed by atoms with Gasteiger partial charge in [0.05, 0.1) is 5.54 Å². The molecule has 0 fully saturated rings. The average Bonchev–Trinajstić information content (AvgIpc) is 2.04. The Balaban J connectivity index is 3.70. The maximum atomic E-state index is 11.3.